The first-order valence-electron chi connectivity index (χ1n) is 6.47. The Bertz CT molecular complexity index is 610. The van der Waals surface area contributed by atoms with Gasteiger partial charge in [-0.25, -0.2) is 9.37 Å². The highest BCUT2D eigenvalue weighted by Crippen LogP contribution is 2.20. The highest BCUT2D eigenvalue weighted by molar-refractivity contribution is 6.06. The second-order valence-corrected chi connectivity index (χ2v) is 4.56. The maximum atomic E-state index is 13.7. The second-order valence-electron chi connectivity index (χ2n) is 4.56. The SMILES string of the molecule is CCCCNC(=O)c1cc(C)nc2c(F)cccc12. The van der Waals surface area contributed by atoms with Crippen molar-refractivity contribution in [1.29, 1.82) is 0 Å². The van der Waals surface area contributed by atoms with Crippen LogP contribution < -0.4 is 5.32 Å². The van der Waals surface area contributed by atoms with Crippen LogP contribution in [0.1, 0.15) is 35.8 Å². The highest BCUT2D eigenvalue weighted by atomic mass is 19.1. The third kappa shape index (κ3) is 2.89. The summed E-state index contributed by atoms with van der Waals surface area (Å²) in [6.45, 7) is 4.45. The van der Waals surface area contributed by atoms with Crippen molar-refractivity contribution in [3.8, 4) is 0 Å². The van der Waals surface area contributed by atoms with Crippen LogP contribution in [0, 0.1) is 12.7 Å². The molecule has 0 saturated heterocycles. The van der Waals surface area contributed by atoms with Gasteiger partial charge in [-0.05, 0) is 25.5 Å². The lowest BCUT2D eigenvalue weighted by Gasteiger charge is -2.09. The molecule has 0 spiro atoms. The van der Waals surface area contributed by atoms with Crippen LogP contribution in [0.2, 0.25) is 0 Å². The number of amides is 1. The lowest BCUT2D eigenvalue weighted by molar-refractivity contribution is 0.0954. The monoisotopic (exact) mass is 260 g/mol. The van der Waals surface area contributed by atoms with Gasteiger partial charge < -0.3 is 5.32 Å². The van der Waals surface area contributed by atoms with Gasteiger partial charge in [0.2, 0.25) is 0 Å². The van der Waals surface area contributed by atoms with Crippen LogP contribution in [-0.2, 0) is 0 Å². The summed E-state index contributed by atoms with van der Waals surface area (Å²) in [6.07, 6.45) is 1.95. The molecular formula is C15H17FN2O. The number of rotatable bonds is 4. The number of halogens is 1. The van der Waals surface area contributed by atoms with Gasteiger partial charge in [-0.3, -0.25) is 4.79 Å². The number of fused-ring (bicyclic) bond motifs is 1. The largest absolute Gasteiger partial charge is 0.352 e. The average molecular weight is 260 g/mol. The molecule has 0 bridgehead atoms. The van der Waals surface area contributed by atoms with Crippen molar-refractivity contribution in [2.75, 3.05) is 6.54 Å². The van der Waals surface area contributed by atoms with E-state index in [9.17, 15) is 9.18 Å². The van der Waals surface area contributed by atoms with Crippen molar-refractivity contribution in [3.63, 3.8) is 0 Å². The van der Waals surface area contributed by atoms with E-state index in [4.69, 9.17) is 0 Å². The van der Waals surface area contributed by atoms with Gasteiger partial charge >= 0.3 is 0 Å². The molecule has 19 heavy (non-hydrogen) atoms. The zero-order valence-corrected chi connectivity index (χ0v) is 11.2. The van der Waals surface area contributed by atoms with Gasteiger partial charge in [-0.1, -0.05) is 25.5 Å². The maximum absolute atomic E-state index is 13.7. The summed E-state index contributed by atoms with van der Waals surface area (Å²) < 4.78 is 13.7. The Morgan fingerprint density at radius 2 is 2.21 bits per heavy atom. The van der Waals surface area contributed by atoms with E-state index in [-0.39, 0.29) is 11.4 Å². The van der Waals surface area contributed by atoms with E-state index in [1.807, 2.05) is 0 Å². The van der Waals surface area contributed by atoms with Crippen molar-refractivity contribution in [3.05, 3.63) is 41.3 Å². The van der Waals surface area contributed by atoms with E-state index in [0.29, 0.717) is 23.2 Å². The van der Waals surface area contributed by atoms with E-state index in [0.717, 1.165) is 12.8 Å². The number of pyridine rings is 1. The summed E-state index contributed by atoms with van der Waals surface area (Å²) in [5, 5.41) is 3.40. The molecule has 1 amide bonds. The van der Waals surface area contributed by atoms with Crippen LogP contribution in [0.5, 0.6) is 0 Å². The second kappa shape index (κ2) is 5.78. The van der Waals surface area contributed by atoms with E-state index in [1.54, 1.807) is 25.1 Å². The molecule has 0 aliphatic rings. The molecule has 1 heterocycles. The van der Waals surface area contributed by atoms with E-state index in [1.165, 1.54) is 6.07 Å². The molecule has 3 nitrogen and oxygen atoms in total. The predicted octanol–water partition coefficient (Wildman–Crippen LogP) is 3.21. The molecule has 2 aromatic rings. The summed E-state index contributed by atoms with van der Waals surface area (Å²) in [4.78, 5) is 16.3. The van der Waals surface area contributed by atoms with Gasteiger partial charge in [0.15, 0.2) is 0 Å². The number of nitrogens with zero attached hydrogens (tertiary/aromatic N) is 1. The van der Waals surface area contributed by atoms with E-state index >= 15 is 0 Å². The molecule has 1 N–H and O–H groups in total. The number of aryl methyl sites for hydroxylation is 1. The number of unbranched alkanes of at least 4 members (excludes halogenated alkanes) is 1. The first-order valence-corrected chi connectivity index (χ1v) is 6.47. The van der Waals surface area contributed by atoms with Crippen LogP contribution in [0.4, 0.5) is 4.39 Å². The van der Waals surface area contributed by atoms with Gasteiger partial charge in [-0.15, -0.1) is 0 Å². The van der Waals surface area contributed by atoms with Crippen molar-refractivity contribution in [2.45, 2.75) is 26.7 Å². The molecule has 2 rings (SSSR count). The average Bonchev–Trinajstić information content (AvgIpc) is 2.39. The van der Waals surface area contributed by atoms with Gasteiger partial charge in [0.05, 0.1) is 5.56 Å². The fraction of sp³-hybridized carbons (Fsp3) is 0.333. The van der Waals surface area contributed by atoms with Crippen LogP contribution >= 0.6 is 0 Å². The molecule has 0 fully saturated rings. The van der Waals surface area contributed by atoms with Crippen LogP contribution in [0.25, 0.3) is 10.9 Å². The fourth-order valence-electron chi connectivity index (χ4n) is 2.00. The molecular weight excluding hydrogens is 243 g/mol. The number of nitrogens with one attached hydrogen (secondary N) is 1. The zero-order chi connectivity index (χ0) is 13.8. The first-order chi connectivity index (χ1) is 9.13. The number of carbonyl (C=O) groups excluding carboxylic acids is 1. The third-order valence-electron chi connectivity index (χ3n) is 2.98. The van der Waals surface area contributed by atoms with Gasteiger partial charge in [-0.2, -0.15) is 0 Å². The summed E-state index contributed by atoms with van der Waals surface area (Å²) in [6, 6.07) is 6.37. The minimum atomic E-state index is -0.399. The molecule has 100 valence electrons. The molecule has 4 heteroatoms. The Balaban J connectivity index is 2.42. The predicted molar refractivity (Wildman–Crippen MR) is 73.7 cm³/mol. The number of benzene rings is 1. The minimum absolute atomic E-state index is 0.172. The molecule has 0 aliphatic carbocycles. The summed E-state index contributed by atoms with van der Waals surface area (Å²) >= 11 is 0. The van der Waals surface area contributed by atoms with Crippen LogP contribution in [0.3, 0.4) is 0 Å². The number of hydrogen-bond donors (Lipinski definition) is 1. The maximum Gasteiger partial charge on any atom is 0.252 e. The fourth-order valence-corrected chi connectivity index (χ4v) is 2.00. The smallest absolute Gasteiger partial charge is 0.252 e. The summed E-state index contributed by atoms with van der Waals surface area (Å²) in [5.74, 6) is -0.571. The highest BCUT2D eigenvalue weighted by Gasteiger charge is 2.13. The molecule has 0 unspecified atom stereocenters. The molecule has 1 aromatic carbocycles. The van der Waals surface area contributed by atoms with Gasteiger partial charge in [0, 0.05) is 17.6 Å². The topological polar surface area (TPSA) is 42.0 Å². The molecule has 0 radical (unpaired) electrons. The number of para-hydroxylation sites is 1. The van der Waals surface area contributed by atoms with Crippen molar-refractivity contribution < 1.29 is 9.18 Å². The summed E-state index contributed by atoms with van der Waals surface area (Å²) in [5.41, 5.74) is 1.37. The Morgan fingerprint density at radius 3 is 2.95 bits per heavy atom. The zero-order valence-electron chi connectivity index (χ0n) is 11.2. The van der Waals surface area contributed by atoms with Crippen LogP contribution in [0.15, 0.2) is 24.3 Å². The molecule has 0 aliphatic heterocycles. The molecule has 1 aromatic heterocycles. The van der Waals surface area contributed by atoms with Gasteiger partial charge in [0.25, 0.3) is 5.91 Å². The van der Waals surface area contributed by atoms with E-state index in [2.05, 4.69) is 17.2 Å². The van der Waals surface area contributed by atoms with Gasteiger partial charge in [0.1, 0.15) is 11.3 Å². The normalized spacial score (nSPS) is 10.7. The standard InChI is InChI=1S/C15H17FN2O/c1-3-4-8-17-15(19)12-9-10(2)18-14-11(12)6-5-7-13(14)16/h5-7,9H,3-4,8H2,1-2H3,(H,17,19). The number of carbonyl (C=O) groups is 1. The third-order valence-corrected chi connectivity index (χ3v) is 2.98. The van der Waals surface area contributed by atoms with Crippen molar-refractivity contribution in [1.82, 2.24) is 10.3 Å². The Labute approximate surface area is 111 Å². The lowest BCUT2D eigenvalue weighted by atomic mass is 10.1. The Hall–Kier alpha value is -1.97. The van der Waals surface area contributed by atoms with Crippen LogP contribution in [-0.4, -0.2) is 17.4 Å². The number of aromatic nitrogens is 1. The van der Waals surface area contributed by atoms with Crippen molar-refractivity contribution in [2.24, 2.45) is 0 Å². The lowest BCUT2D eigenvalue weighted by Crippen LogP contribution is -2.24. The molecule has 0 saturated carbocycles. The van der Waals surface area contributed by atoms with E-state index < -0.39 is 5.82 Å². The Kier molecular flexibility index (Phi) is 4.10. The quantitative estimate of drug-likeness (QED) is 0.858. The van der Waals surface area contributed by atoms with Crippen molar-refractivity contribution >= 4 is 16.8 Å². The minimum Gasteiger partial charge on any atom is -0.352 e. The Morgan fingerprint density at radius 1 is 1.42 bits per heavy atom. The number of hydrogen-bond acceptors (Lipinski definition) is 2. The first kappa shape index (κ1) is 13.5. The summed E-state index contributed by atoms with van der Waals surface area (Å²) in [7, 11) is 0. The molecule has 0 atom stereocenters.